The van der Waals surface area contributed by atoms with Crippen LogP contribution >= 0.6 is 0 Å². The van der Waals surface area contributed by atoms with E-state index in [1.54, 1.807) is 0 Å². The average molecular weight is 370 g/mol. The molecular weight excluding hydrogens is 338 g/mol. The van der Waals surface area contributed by atoms with Crippen LogP contribution < -0.4 is 5.32 Å². The maximum atomic E-state index is 12.7. The highest BCUT2D eigenvalue weighted by Crippen LogP contribution is 2.60. The second kappa shape index (κ2) is 6.65. The monoisotopic (exact) mass is 369 g/mol. The van der Waals surface area contributed by atoms with E-state index in [0.717, 1.165) is 23.3 Å². The molecule has 0 aliphatic heterocycles. The number of carboxylic acids is 1. The summed E-state index contributed by atoms with van der Waals surface area (Å²) in [5, 5.41) is 12.0. The van der Waals surface area contributed by atoms with Crippen LogP contribution in [-0.2, 0) is 10.2 Å². The molecule has 27 heavy (non-hydrogen) atoms. The van der Waals surface area contributed by atoms with Crippen molar-refractivity contribution in [3.05, 3.63) is 34.9 Å². The van der Waals surface area contributed by atoms with Crippen LogP contribution in [0.5, 0.6) is 0 Å². The highest BCUT2D eigenvalue weighted by molar-refractivity contribution is 5.97. The summed E-state index contributed by atoms with van der Waals surface area (Å²) in [6.45, 7) is 5.59. The zero-order valence-corrected chi connectivity index (χ0v) is 16.6. The predicted octanol–water partition coefficient (Wildman–Crippen LogP) is 4.30. The van der Waals surface area contributed by atoms with E-state index >= 15 is 0 Å². The number of aliphatic carboxylic acids is 1. The lowest BCUT2D eigenvalue weighted by Gasteiger charge is -2.57. The summed E-state index contributed by atoms with van der Waals surface area (Å²) >= 11 is 0. The molecule has 5 rings (SSSR count). The van der Waals surface area contributed by atoms with Crippen molar-refractivity contribution in [1.82, 2.24) is 5.32 Å². The molecule has 4 bridgehead atoms. The van der Waals surface area contributed by atoms with Gasteiger partial charge in [0.25, 0.3) is 5.91 Å². The molecule has 1 aromatic rings. The van der Waals surface area contributed by atoms with Gasteiger partial charge in [-0.15, -0.1) is 0 Å². The molecule has 4 saturated carbocycles. The highest BCUT2D eigenvalue weighted by Gasteiger charge is 2.51. The minimum Gasteiger partial charge on any atom is -0.480 e. The van der Waals surface area contributed by atoms with Crippen LogP contribution in [0.25, 0.3) is 0 Å². The molecule has 1 amide bonds. The number of rotatable bonds is 5. The summed E-state index contributed by atoms with van der Waals surface area (Å²) < 4.78 is 0. The number of hydrogen-bond acceptors (Lipinski definition) is 2. The first kappa shape index (κ1) is 18.5. The van der Waals surface area contributed by atoms with Crippen molar-refractivity contribution in [2.24, 2.45) is 23.7 Å². The predicted molar refractivity (Wildman–Crippen MR) is 105 cm³/mol. The Morgan fingerprint density at radius 1 is 1.07 bits per heavy atom. The molecule has 0 spiro atoms. The van der Waals surface area contributed by atoms with Crippen LogP contribution in [0.3, 0.4) is 0 Å². The second-order valence-electron chi connectivity index (χ2n) is 9.76. The lowest BCUT2D eigenvalue weighted by Crippen LogP contribution is -2.48. The van der Waals surface area contributed by atoms with E-state index in [1.165, 1.54) is 44.1 Å². The lowest BCUT2D eigenvalue weighted by atomic mass is 9.48. The van der Waals surface area contributed by atoms with E-state index in [4.69, 9.17) is 0 Å². The van der Waals surface area contributed by atoms with Crippen LogP contribution in [0.1, 0.15) is 73.9 Å². The SMILES string of the molecule is Cc1cc(C23CC4CC(CC(C4)C2)C3)ccc1C(=O)N[C@@H](C(=O)O)C(C)C. The molecule has 4 heteroatoms. The first-order valence-electron chi connectivity index (χ1n) is 10.4. The number of carbonyl (C=O) groups excluding carboxylic acids is 1. The third-order valence-electron chi connectivity index (χ3n) is 7.34. The summed E-state index contributed by atoms with van der Waals surface area (Å²) in [7, 11) is 0. The van der Waals surface area contributed by atoms with Gasteiger partial charge in [0, 0.05) is 5.56 Å². The largest absolute Gasteiger partial charge is 0.480 e. The Labute approximate surface area is 161 Å². The first-order chi connectivity index (χ1) is 12.8. The van der Waals surface area contributed by atoms with Gasteiger partial charge in [-0.05, 0) is 91.7 Å². The van der Waals surface area contributed by atoms with E-state index in [-0.39, 0.29) is 11.8 Å². The van der Waals surface area contributed by atoms with E-state index in [2.05, 4.69) is 17.4 Å². The maximum absolute atomic E-state index is 12.7. The number of carbonyl (C=O) groups is 2. The number of benzene rings is 1. The molecule has 0 unspecified atom stereocenters. The zero-order chi connectivity index (χ0) is 19.3. The van der Waals surface area contributed by atoms with Gasteiger partial charge in [-0.25, -0.2) is 4.79 Å². The van der Waals surface area contributed by atoms with Crippen LogP contribution in [0.4, 0.5) is 0 Å². The molecule has 0 aromatic heterocycles. The number of nitrogens with one attached hydrogen (secondary N) is 1. The normalized spacial score (nSPS) is 32.5. The van der Waals surface area contributed by atoms with Gasteiger partial charge < -0.3 is 10.4 Å². The maximum Gasteiger partial charge on any atom is 0.326 e. The Balaban J connectivity index is 1.56. The molecule has 4 nitrogen and oxygen atoms in total. The van der Waals surface area contributed by atoms with Crippen molar-refractivity contribution in [3.8, 4) is 0 Å². The molecule has 0 saturated heterocycles. The van der Waals surface area contributed by atoms with E-state index in [9.17, 15) is 14.7 Å². The first-order valence-corrected chi connectivity index (χ1v) is 10.4. The Hall–Kier alpha value is -1.84. The topological polar surface area (TPSA) is 66.4 Å². The highest BCUT2D eigenvalue weighted by atomic mass is 16.4. The molecule has 4 fully saturated rings. The summed E-state index contributed by atoms with van der Waals surface area (Å²) in [4.78, 5) is 24.1. The van der Waals surface area contributed by atoms with Crippen LogP contribution in [0.2, 0.25) is 0 Å². The van der Waals surface area contributed by atoms with Crippen molar-refractivity contribution < 1.29 is 14.7 Å². The summed E-state index contributed by atoms with van der Waals surface area (Å²) in [5.74, 6) is 1.25. The molecule has 0 heterocycles. The van der Waals surface area contributed by atoms with Crippen LogP contribution in [-0.4, -0.2) is 23.0 Å². The molecule has 1 atom stereocenters. The van der Waals surface area contributed by atoms with Crippen molar-refractivity contribution in [2.75, 3.05) is 0 Å². The van der Waals surface area contributed by atoms with Gasteiger partial charge in [-0.3, -0.25) is 4.79 Å². The lowest BCUT2D eigenvalue weighted by molar-refractivity contribution is -0.140. The number of amides is 1. The Kier molecular flexibility index (Phi) is 4.56. The smallest absolute Gasteiger partial charge is 0.326 e. The van der Waals surface area contributed by atoms with Gasteiger partial charge in [-0.1, -0.05) is 26.0 Å². The molecule has 4 aliphatic rings. The van der Waals surface area contributed by atoms with Gasteiger partial charge in [-0.2, -0.15) is 0 Å². The van der Waals surface area contributed by atoms with Crippen molar-refractivity contribution in [2.45, 2.75) is 70.8 Å². The van der Waals surface area contributed by atoms with Gasteiger partial charge in [0.1, 0.15) is 6.04 Å². The van der Waals surface area contributed by atoms with Gasteiger partial charge >= 0.3 is 5.97 Å². The fourth-order valence-corrected chi connectivity index (χ4v) is 6.45. The van der Waals surface area contributed by atoms with Gasteiger partial charge in [0.2, 0.25) is 0 Å². The Bertz CT molecular complexity index is 732. The average Bonchev–Trinajstić information content (AvgIpc) is 2.57. The Morgan fingerprint density at radius 3 is 2.07 bits per heavy atom. The summed E-state index contributed by atoms with van der Waals surface area (Å²) in [5.41, 5.74) is 3.26. The van der Waals surface area contributed by atoms with Crippen molar-refractivity contribution in [1.29, 1.82) is 0 Å². The minimum atomic E-state index is -0.985. The van der Waals surface area contributed by atoms with Gasteiger partial charge in [0.15, 0.2) is 0 Å². The summed E-state index contributed by atoms with van der Waals surface area (Å²) in [6.07, 6.45) is 8.18. The standard InChI is InChI=1S/C23H31NO3/c1-13(2)20(22(26)27)24-21(25)19-5-4-18(6-14(19)3)23-10-15-7-16(11-23)9-17(8-15)12-23/h4-6,13,15-17,20H,7-12H2,1-3H3,(H,24,25)(H,26,27)/t15?,16?,17?,20-,23?/m1/s1. The van der Waals surface area contributed by atoms with Crippen molar-refractivity contribution >= 4 is 11.9 Å². The number of hydrogen-bond donors (Lipinski definition) is 2. The van der Waals surface area contributed by atoms with E-state index in [1.807, 2.05) is 26.8 Å². The molecule has 146 valence electrons. The Morgan fingerprint density at radius 2 is 1.63 bits per heavy atom. The third kappa shape index (κ3) is 3.28. The fourth-order valence-electron chi connectivity index (χ4n) is 6.45. The quantitative estimate of drug-likeness (QED) is 0.813. The molecule has 0 radical (unpaired) electrons. The number of aryl methyl sites for hydroxylation is 1. The molecule has 4 aliphatic carbocycles. The minimum absolute atomic E-state index is 0.155. The van der Waals surface area contributed by atoms with Gasteiger partial charge in [0.05, 0.1) is 0 Å². The zero-order valence-electron chi connectivity index (χ0n) is 16.6. The van der Waals surface area contributed by atoms with Crippen LogP contribution in [0.15, 0.2) is 18.2 Å². The summed E-state index contributed by atoms with van der Waals surface area (Å²) in [6, 6.07) is 5.39. The van der Waals surface area contributed by atoms with E-state index < -0.39 is 12.0 Å². The molecular formula is C23H31NO3. The fraction of sp³-hybridized carbons (Fsp3) is 0.652. The third-order valence-corrected chi connectivity index (χ3v) is 7.34. The molecule has 1 aromatic carbocycles. The van der Waals surface area contributed by atoms with E-state index in [0.29, 0.717) is 11.0 Å². The van der Waals surface area contributed by atoms with Crippen LogP contribution in [0, 0.1) is 30.6 Å². The van der Waals surface area contributed by atoms with Crippen molar-refractivity contribution in [3.63, 3.8) is 0 Å². The number of carboxylic acid groups (broad SMARTS) is 1. The second-order valence-corrected chi connectivity index (χ2v) is 9.76. The molecule has 2 N–H and O–H groups in total.